The van der Waals surface area contributed by atoms with Gasteiger partial charge in [-0.25, -0.2) is 0 Å². The number of thiol groups is 1. The molecule has 0 aliphatic rings. The first kappa shape index (κ1) is 12.8. The number of methoxy groups -OCH3 is 1. The van der Waals surface area contributed by atoms with Gasteiger partial charge in [-0.2, -0.15) is 12.6 Å². The summed E-state index contributed by atoms with van der Waals surface area (Å²) >= 11 is 4.24. The van der Waals surface area contributed by atoms with Gasteiger partial charge in [-0.05, 0) is 23.3 Å². The quantitative estimate of drug-likeness (QED) is 0.826. The summed E-state index contributed by atoms with van der Waals surface area (Å²) in [4.78, 5) is 0. The van der Waals surface area contributed by atoms with Crippen molar-refractivity contribution in [2.24, 2.45) is 0 Å². The van der Waals surface area contributed by atoms with Gasteiger partial charge in [0.25, 0.3) is 0 Å². The van der Waals surface area contributed by atoms with Crippen LogP contribution in [0.5, 0.6) is 11.5 Å². The van der Waals surface area contributed by atoms with E-state index in [1.807, 2.05) is 48.5 Å². The Labute approximate surface area is 113 Å². The zero-order valence-electron chi connectivity index (χ0n) is 10.3. The highest BCUT2D eigenvalue weighted by molar-refractivity contribution is 7.79. The first-order chi connectivity index (χ1) is 8.83. The van der Waals surface area contributed by atoms with Gasteiger partial charge in [-0.15, -0.1) is 0 Å². The lowest BCUT2D eigenvalue weighted by Gasteiger charge is -2.11. The van der Waals surface area contributed by atoms with Crippen molar-refractivity contribution >= 4 is 12.6 Å². The van der Waals surface area contributed by atoms with Crippen LogP contribution in [-0.4, -0.2) is 7.11 Å². The molecule has 18 heavy (non-hydrogen) atoms. The van der Waals surface area contributed by atoms with Crippen molar-refractivity contribution in [2.75, 3.05) is 7.11 Å². The van der Waals surface area contributed by atoms with Crippen LogP contribution in [-0.2, 0) is 12.4 Å². The molecule has 0 atom stereocenters. The number of hydrogen-bond acceptors (Lipinski definition) is 3. The van der Waals surface area contributed by atoms with Crippen LogP contribution in [0, 0.1) is 0 Å². The smallest absolute Gasteiger partial charge is 0.161 e. The van der Waals surface area contributed by atoms with Gasteiger partial charge in [-0.1, -0.05) is 36.4 Å². The summed E-state index contributed by atoms with van der Waals surface area (Å²) in [5, 5.41) is 0. The molecular weight excluding hydrogens is 244 g/mol. The van der Waals surface area contributed by atoms with Gasteiger partial charge in [0, 0.05) is 5.75 Å². The summed E-state index contributed by atoms with van der Waals surface area (Å²) in [6.07, 6.45) is 0. The maximum absolute atomic E-state index is 5.76. The first-order valence-corrected chi connectivity index (χ1v) is 6.41. The van der Waals surface area contributed by atoms with Crippen LogP contribution in [0.25, 0.3) is 0 Å². The second-order valence-corrected chi connectivity index (χ2v) is 4.23. The molecule has 0 aliphatic carbocycles. The molecule has 3 heteroatoms. The van der Waals surface area contributed by atoms with Crippen molar-refractivity contribution < 1.29 is 9.47 Å². The Morgan fingerprint density at radius 3 is 2.39 bits per heavy atom. The molecule has 0 radical (unpaired) electrons. The highest BCUT2D eigenvalue weighted by atomic mass is 32.1. The fourth-order valence-electron chi connectivity index (χ4n) is 1.66. The molecule has 0 fully saturated rings. The van der Waals surface area contributed by atoms with Gasteiger partial charge < -0.3 is 9.47 Å². The molecule has 2 rings (SSSR count). The Bertz CT molecular complexity index is 497. The third kappa shape index (κ3) is 3.20. The highest BCUT2D eigenvalue weighted by Crippen LogP contribution is 2.29. The molecule has 0 N–H and O–H groups in total. The van der Waals surface area contributed by atoms with Crippen LogP contribution in [0.1, 0.15) is 11.1 Å². The lowest BCUT2D eigenvalue weighted by Crippen LogP contribution is -1.98. The minimum Gasteiger partial charge on any atom is -0.493 e. The third-order valence-corrected chi connectivity index (χ3v) is 3.01. The van der Waals surface area contributed by atoms with Crippen LogP contribution in [0.2, 0.25) is 0 Å². The molecule has 2 aromatic rings. The summed E-state index contributed by atoms with van der Waals surface area (Å²) in [6.45, 7) is 0.539. The van der Waals surface area contributed by atoms with E-state index in [0.717, 1.165) is 22.6 Å². The topological polar surface area (TPSA) is 18.5 Å². The van der Waals surface area contributed by atoms with Crippen molar-refractivity contribution in [3.05, 3.63) is 59.7 Å². The van der Waals surface area contributed by atoms with E-state index in [1.165, 1.54) is 0 Å². The van der Waals surface area contributed by atoms with Gasteiger partial charge >= 0.3 is 0 Å². The second-order valence-electron chi connectivity index (χ2n) is 3.92. The maximum Gasteiger partial charge on any atom is 0.161 e. The summed E-state index contributed by atoms with van der Waals surface area (Å²) in [7, 11) is 1.65. The van der Waals surface area contributed by atoms with Crippen molar-refractivity contribution in [1.82, 2.24) is 0 Å². The fraction of sp³-hybridized carbons (Fsp3) is 0.200. The van der Waals surface area contributed by atoms with E-state index < -0.39 is 0 Å². The van der Waals surface area contributed by atoms with Crippen LogP contribution in [0.15, 0.2) is 48.5 Å². The van der Waals surface area contributed by atoms with Crippen LogP contribution in [0.3, 0.4) is 0 Å². The average Bonchev–Trinajstić information content (AvgIpc) is 2.46. The first-order valence-electron chi connectivity index (χ1n) is 5.78. The summed E-state index contributed by atoms with van der Waals surface area (Å²) < 4.78 is 11.1. The van der Waals surface area contributed by atoms with Crippen molar-refractivity contribution in [2.45, 2.75) is 12.4 Å². The van der Waals surface area contributed by atoms with Crippen molar-refractivity contribution in [3.8, 4) is 11.5 Å². The molecule has 2 aromatic carbocycles. The predicted molar refractivity (Wildman–Crippen MR) is 76.5 cm³/mol. The van der Waals surface area contributed by atoms with Crippen molar-refractivity contribution in [3.63, 3.8) is 0 Å². The zero-order valence-corrected chi connectivity index (χ0v) is 11.2. The summed E-state index contributed by atoms with van der Waals surface area (Å²) in [5.74, 6) is 2.19. The minimum absolute atomic E-state index is 0.539. The summed E-state index contributed by atoms with van der Waals surface area (Å²) in [5.41, 5.74) is 2.25. The van der Waals surface area contributed by atoms with Crippen LogP contribution >= 0.6 is 12.6 Å². The standard InChI is InChI=1S/C15H16O2S/c1-16-15-9-13(11-18)7-8-14(15)17-10-12-5-3-2-4-6-12/h2-9,18H,10-11H2,1H3. The van der Waals surface area contributed by atoms with Crippen LogP contribution < -0.4 is 9.47 Å². The van der Waals surface area contributed by atoms with Gasteiger partial charge in [0.2, 0.25) is 0 Å². The lowest BCUT2D eigenvalue weighted by atomic mass is 10.2. The molecule has 94 valence electrons. The number of rotatable bonds is 5. The van der Waals surface area contributed by atoms with E-state index in [2.05, 4.69) is 12.6 Å². The van der Waals surface area contributed by atoms with E-state index in [0.29, 0.717) is 12.4 Å². The zero-order chi connectivity index (χ0) is 12.8. The Balaban J connectivity index is 2.09. The Morgan fingerprint density at radius 2 is 1.72 bits per heavy atom. The second kappa shape index (κ2) is 6.36. The molecule has 0 unspecified atom stereocenters. The molecule has 0 spiro atoms. The summed E-state index contributed by atoms with van der Waals surface area (Å²) in [6, 6.07) is 15.9. The van der Waals surface area contributed by atoms with E-state index >= 15 is 0 Å². The Morgan fingerprint density at radius 1 is 0.944 bits per heavy atom. The number of ether oxygens (including phenoxy) is 2. The van der Waals surface area contributed by atoms with Crippen molar-refractivity contribution in [1.29, 1.82) is 0 Å². The van der Waals surface area contributed by atoms with Gasteiger partial charge in [0.1, 0.15) is 6.61 Å². The molecule has 0 bridgehead atoms. The van der Waals surface area contributed by atoms with E-state index in [1.54, 1.807) is 7.11 Å². The number of hydrogen-bond donors (Lipinski definition) is 1. The molecule has 0 aliphatic heterocycles. The normalized spacial score (nSPS) is 10.1. The Kier molecular flexibility index (Phi) is 4.53. The molecular formula is C15H16O2S. The monoisotopic (exact) mass is 260 g/mol. The molecule has 0 heterocycles. The third-order valence-electron chi connectivity index (χ3n) is 2.65. The molecule has 0 saturated heterocycles. The van der Waals surface area contributed by atoms with E-state index in [9.17, 15) is 0 Å². The van der Waals surface area contributed by atoms with Crippen LogP contribution in [0.4, 0.5) is 0 Å². The minimum atomic E-state index is 0.539. The van der Waals surface area contributed by atoms with E-state index in [-0.39, 0.29) is 0 Å². The predicted octanol–water partition coefficient (Wildman–Crippen LogP) is 3.70. The molecule has 0 amide bonds. The molecule has 0 saturated carbocycles. The van der Waals surface area contributed by atoms with Gasteiger partial charge in [0.05, 0.1) is 7.11 Å². The Hall–Kier alpha value is -1.61. The van der Waals surface area contributed by atoms with Gasteiger partial charge in [-0.3, -0.25) is 0 Å². The lowest BCUT2D eigenvalue weighted by molar-refractivity contribution is 0.284. The molecule has 2 nitrogen and oxygen atoms in total. The van der Waals surface area contributed by atoms with Gasteiger partial charge in [0.15, 0.2) is 11.5 Å². The average molecular weight is 260 g/mol. The molecule has 0 aromatic heterocycles. The fourth-order valence-corrected chi connectivity index (χ4v) is 1.86. The largest absolute Gasteiger partial charge is 0.493 e. The highest BCUT2D eigenvalue weighted by Gasteiger charge is 2.05. The SMILES string of the molecule is COc1cc(CS)ccc1OCc1ccccc1. The number of benzene rings is 2. The van der Waals surface area contributed by atoms with E-state index in [4.69, 9.17) is 9.47 Å². The maximum atomic E-state index is 5.76.